The van der Waals surface area contributed by atoms with Gasteiger partial charge in [0.25, 0.3) is 0 Å². The van der Waals surface area contributed by atoms with E-state index in [2.05, 4.69) is 10.6 Å². The largest absolute Gasteiger partial charge is 0.488 e. The number of ether oxygens (including phenoxy) is 1. The Kier molecular flexibility index (Phi) is 7.16. The number of halogens is 3. The SMILES string of the molecule is CC(C)NC(=O)NCC(=O)N1CCC[C@]2(S(=O)(=O)c3ccc(Cl)cc3)c3c(F)ccc(F)c3OC[C@H]12. The van der Waals surface area contributed by atoms with Crippen LogP contribution in [0.15, 0.2) is 41.3 Å². The molecule has 12 heteroatoms. The predicted octanol–water partition coefficient (Wildman–Crippen LogP) is 3.38. The van der Waals surface area contributed by atoms with Crippen molar-refractivity contribution < 1.29 is 31.5 Å². The van der Waals surface area contributed by atoms with Gasteiger partial charge < -0.3 is 20.3 Å². The summed E-state index contributed by atoms with van der Waals surface area (Å²) in [6.07, 6.45) is 0.132. The third-order valence-electron chi connectivity index (χ3n) is 6.47. The highest BCUT2D eigenvalue weighted by atomic mass is 35.5. The van der Waals surface area contributed by atoms with E-state index in [1.807, 2.05) is 0 Å². The lowest BCUT2D eigenvalue weighted by molar-refractivity contribution is -0.136. The number of amides is 3. The lowest BCUT2D eigenvalue weighted by atomic mass is 9.80. The Morgan fingerprint density at radius 1 is 1.17 bits per heavy atom. The first-order chi connectivity index (χ1) is 17.0. The average molecular weight is 542 g/mol. The lowest BCUT2D eigenvalue weighted by Crippen LogP contribution is -2.65. The van der Waals surface area contributed by atoms with Crippen LogP contribution in [0.5, 0.6) is 5.75 Å². The minimum absolute atomic E-state index is 0.0651. The van der Waals surface area contributed by atoms with Gasteiger partial charge in [0.1, 0.15) is 17.2 Å². The minimum Gasteiger partial charge on any atom is -0.488 e. The van der Waals surface area contributed by atoms with Gasteiger partial charge in [0.15, 0.2) is 21.4 Å². The molecule has 0 aromatic heterocycles. The number of hydrogen-bond acceptors (Lipinski definition) is 5. The number of hydrogen-bond donors (Lipinski definition) is 2. The van der Waals surface area contributed by atoms with Gasteiger partial charge in [0.2, 0.25) is 5.91 Å². The highest BCUT2D eigenvalue weighted by molar-refractivity contribution is 7.92. The lowest BCUT2D eigenvalue weighted by Gasteiger charge is -2.51. The summed E-state index contributed by atoms with van der Waals surface area (Å²) in [7, 11) is -4.41. The van der Waals surface area contributed by atoms with E-state index in [4.69, 9.17) is 16.3 Å². The molecule has 0 aliphatic carbocycles. The molecule has 0 unspecified atom stereocenters. The molecule has 194 valence electrons. The number of rotatable bonds is 5. The van der Waals surface area contributed by atoms with Crippen molar-refractivity contribution in [1.29, 1.82) is 0 Å². The number of piperidine rings is 1. The van der Waals surface area contributed by atoms with Crippen LogP contribution < -0.4 is 15.4 Å². The number of nitrogens with zero attached hydrogens (tertiary/aromatic N) is 1. The second-order valence-corrected chi connectivity index (χ2v) is 11.7. The monoisotopic (exact) mass is 541 g/mol. The Bertz CT molecular complexity index is 1290. The quantitative estimate of drug-likeness (QED) is 0.604. The first-order valence-corrected chi connectivity index (χ1v) is 13.3. The minimum atomic E-state index is -4.41. The van der Waals surface area contributed by atoms with Crippen LogP contribution in [-0.2, 0) is 19.4 Å². The zero-order chi connectivity index (χ0) is 26.3. The third kappa shape index (κ3) is 4.39. The fourth-order valence-corrected chi connectivity index (χ4v) is 7.44. The Labute approximate surface area is 212 Å². The van der Waals surface area contributed by atoms with Crippen molar-refractivity contribution in [2.24, 2.45) is 0 Å². The zero-order valence-corrected chi connectivity index (χ0v) is 21.3. The van der Waals surface area contributed by atoms with E-state index >= 15 is 4.39 Å². The van der Waals surface area contributed by atoms with Gasteiger partial charge >= 0.3 is 6.03 Å². The average Bonchev–Trinajstić information content (AvgIpc) is 2.83. The van der Waals surface area contributed by atoms with Crippen LogP contribution in [0.3, 0.4) is 0 Å². The van der Waals surface area contributed by atoms with Crippen molar-refractivity contribution in [3.63, 3.8) is 0 Å². The Balaban J connectivity index is 1.82. The van der Waals surface area contributed by atoms with Gasteiger partial charge in [-0.2, -0.15) is 0 Å². The van der Waals surface area contributed by atoms with Crippen molar-refractivity contribution in [2.45, 2.75) is 48.4 Å². The number of fused-ring (bicyclic) bond motifs is 3. The molecule has 2 aromatic carbocycles. The third-order valence-corrected chi connectivity index (χ3v) is 9.26. The first kappa shape index (κ1) is 26.2. The van der Waals surface area contributed by atoms with Crippen molar-refractivity contribution in [3.8, 4) is 5.75 Å². The number of nitrogens with one attached hydrogen (secondary N) is 2. The molecular formula is C24H26ClF2N3O5S. The molecule has 3 amide bonds. The molecule has 2 heterocycles. The summed E-state index contributed by atoms with van der Waals surface area (Å²) in [5.41, 5.74) is -0.434. The number of benzene rings is 2. The molecule has 0 bridgehead atoms. The highest BCUT2D eigenvalue weighted by Gasteiger charge is 2.61. The molecule has 1 fully saturated rings. The number of carbonyl (C=O) groups is 2. The second-order valence-electron chi connectivity index (χ2n) is 9.08. The standard InChI is InChI=1S/C24H26ClF2N3O5S/c1-14(2)29-23(32)28-12-20(31)30-11-3-10-24(36(33,34)16-6-4-15(25)5-7-16)19(30)13-35-22-18(27)9-8-17(26)21(22)24/h4-9,14,19H,3,10-13H2,1-2H3,(H2,28,29,32)/t19-,24+/m0/s1. The van der Waals surface area contributed by atoms with Gasteiger partial charge in [0.05, 0.1) is 23.0 Å². The number of likely N-dealkylation sites (tertiary alicyclic amines) is 1. The molecule has 36 heavy (non-hydrogen) atoms. The van der Waals surface area contributed by atoms with E-state index in [9.17, 15) is 22.4 Å². The maximum absolute atomic E-state index is 15.4. The van der Waals surface area contributed by atoms with Crippen molar-refractivity contribution in [3.05, 3.63) is 58.6 Å². The van der Waals surface area contributed by atoms with E-state index in [0.717, 1.165) is 12.1 Å². The molecular weight excluding hydrogens is 516 g/mol. The normalized spacial score (nSPS) is 21.3. The van der Waals surface area contributed by atoms with Crippen LogP contribution in [0, 0.1) is 11.6 Å². The maximum Gasteiger partial charge on any atom is 0.315 e. The van der Waals surface area contributed by atoms with Gasteiger partial charge in [-0.3, -0.25) is 4.79 Å². The molecule has 0 saturated carbocycles. The van der Waals surface area contributed by atoms with E-state index < -0.39 is 62.1 Å². The summed E-state index contributed by atoms with van der Waals surface area (Å²) in [4.78, 5) is 26.3. The topological polar surface area (TPSA) is 105 Å². The molecule has 8 nitrogen and oxygen atoms in total. The highest BCUT2D eigenvalue weighted by Crippen LogP contribution is 2.53. The van der Waals surface area contributed by atoms with Crippen molar-refractivity contribution >= 4 is 33.4 Å². The Morgan fingerprint density at radius 2 is 1.83 bits per heavy atom. The fraction of sp³-hybridized carbons (Fsp3) is 0.417. The zero-order valence-electron chi connectivity index (χ0n) is 19.7. The van der Waals surface area contributed by atoms with E-state index in [-0.39, 0.29) is 36.9 Å². The van der Waals surface area contributed by atoms with Crippen LogP contribution in [0.2, 0.25) is 5.02 Å². The molecule has 0 spiro atoms. The molecule has 2 aliphatic rings. The molecule has 2 N–H and O–H groups in total. The van der Waals surface area contributed by atoms with E-state index in [0.29, 0.717) is 5.02 Å². The Morgan fingerprint density at radius 3 is 2.50 bits per heavy atom. The maximum atomic E-state index is 15.4. The molecule has 2 aromatic rings. The summed E-state index contributed by atoms with van der Waals surface area (Å²) >= 11 is 5.95. The second kappa shape index (κ2) is 9.85. The molecule has 2 atom stereocenters. The van der Waals surface area contributed by atoms with E-state index in [1.54, 1.807) is 13.8 Å². The molecule has 1 saturated heterocycles. The fourth-order valence-electron chi connectivity index (χ4n) is 4.97. The smallest absolute Gasteiger partial charge is 0.315 e. The first-order valence-electron chi connectivity index (χ1n) is 11.4. The van der Waals surface area contributed by atoms with Crippen molar-refractivity contribution in [1.82, 2.24) is 15.5 Å². The van der Waals surface area contributed by atoms with Gasteiger partial charge in [-0.25, -0.2) is 22.0 Å². The number of sulfone groups is 1. The number of carbonyl (C=O) groups excluding carboxylic acids is 2. The van der Waals surface area contributed by atoms with Crippen LogP contribution in [0.1, 0.15) is 32.3 Å². The van der Waals surface area contributed by atoms with Gasteiger partial charge in [-0.1, -0.05) is 11.6 Å². The van der Waals surface area contributed by atoms with Crippen LogP contribution >= 0.6 is 11.6 Å². The Hall–Kier alpha value is -2.92. The molecule has 2 aliphatic heterocycles. The van der Waals surface area contributed by atoms with Gasteiger partial charge in [0, 0.05) is 17.6 Å². The predicted molar refractivity (Wildman–Crippen MR) is 129 cm³/mol. The molecule has 0 radical (unpaired) electrons. The number of urea groups is 1. The summed E-state index contributed by atoms with van der Waals surface area (Å²) in [6.45, 7) is 2.89. The van der Waals surface area contributed by atoms with Crippen LogP contribution in [-0.4, -0.2) is 57.0 Å². The summed E-state index contributed by atoms with van der Waals surface area (Å²) in [5.74, 6) is -2.89. The van der Waals surface area contributed by atoms with Gasteiger partial charge in [-0.15, -0.1) is 0 Å². The van der Waals surface area contributed by atoms with Crippen molar-refractivity contribution in [2.75, 3.05) is 19.7 Å². The van der Waals surface area contributed by atoms with Gasteiger partial charge in [-0.05, 0) is 63.1 Å². The molecule has 4 rings (SSSR count). The van der Waals surface area contributed by atoms with Crippen LogP contribution in [0.4, 0.5) is 13.6 Å². The van der Waals surface area contributed by atoms with Crippen LogP contribution in [0.25, 0.3) is 0 Å². The summed E-state index contributed by atoms with van der Waals surface area (Å²) < 4.78 is 62.1. The summed E-state index contributed by atoms with van der Waals surface area (Å²) in [5, 5.41) is 5.36. The van der Waals surface area contributed by atoms with E-state index in [1.165, 1.54) is 29.2 Å². The summed E-state index contributed by atoms with van der Waals surface area (Å²) in [6, 6.07) is 5.23.